The molecule has 6 nitrogen and oxygen atoms in total. The first-order chi connectivity index (χ1) is 14.3. The van der Waals surface area contributed by atoms with Gasteiger partial charge >= 0.3 is 5.97 Å². The monoisotopic (exact) mass is 449 g/mol. The lowest BCUT2D eigenvalue weighted by molar-refractivity contribution is -0.132. The van der Waals surface area contributed by atoms with Gasteiger partial charge in [0.1, 0.15) is 5.82 Å². The van der Waals surface area contributed by atoms with Crippen molar-refractivity contribution in [2.45, 2.75) is 20.4 Å². The summed E-state index contributed by atoms with van der Waals surface area (Å²) in [5.74, 6) is -1.04. The van der Waals surface area contributed by atoms with E-state index in [0.717, 1.165) is 16.7 Å². The highest BCUT2D eigenvalue weighted by Gasteiger charge is 2.36. The van der Waals surface area contributed by atoms with Gasteiger partial charge < -0.3 is 9.47 Å². The molecule has 0 bridgehead atoms. The summed E-state index contributed by atoms with van der Waals surface area (Å²) < 4.78 is 24.6. The van der Waals surface area contributed by atoms with Crippen molar-refractivity contribution in [2.24, 2.45) is 0 Å². The lowest BCUT2D eigenvalue weighted by Crippen LogP contribution is -2.28. The molecule has 1 heterocycles. The van der Waals surface area contributed by atoms with Gasteiger partial charge in [-0.15, -0.1) is 0 Å². The minimum Gasteiger partial charge on any atom is -0.490 e. The number of rotatable bonds is 6. The van der Waals surface area contributed by atoms with Crippen molar-refractivity contribution in [1.82, 2.24) is 4.90 Å². The molecule has 0 N–H and O–H groups in total. The maximum absolute atomic E-state index is 14.0. The third-order valence-electron chi connectivity index (χ3n) is 4.07. The summed E-state index contributed by atoms with van der Waals surface area (Å²) in [5.41, 5.74) is 0.649. The van der Waals surface area contributed by atoms with Gasteiger partial charge in [0.25, 0.3) is 11.1 Å². The minimum atomic E-state index is -0.590. The van der Waals surface area contributed by atoms with E-state index in [2.05, 4.69) is 0 Å². The van der Waals surface area contributed by atoms with Crippen LogP contribution in [0, 0.1) is 5.82 Å². The van der Waals surface area contributed by atoms with Crippen LogP contribution in [-0.2, 0) is 16.1 Å². The molecule has 1 fully saturated rings. The van der Waals surface area contributed by atoms with Gasteiger partial charge in [0.15, 0.2) is 11.5 Å². The Morgan fingerprint density at radius 1 is 1.23 bits per heavy atom. The molecule has 1 aliphatic heterocycles. The summed E-state index contributed by atoms with van der Waals surface area (Å²) in [7, 11) is 0. The molecule has 0 unspecified atom stereocenters. The zero-order valence-corrected chi connectivity index (χ0v) is 17.7. The standard InChI is InChI=1S/C21H17ClFNO5S/c1-3-28-18-9-13(7-8-17(18)29-12(2)25)10-19-20(26)24(21(27)30-19)11-14-15(22)5-4-6-16(14)23/h4-10H,3,11H2,1-2H3/b19-10+. The Balaban J connectivity index is 1.86. The van der Waals surface area contributed by atoms with E-state index in [-0.39, 0.29) is 27.8 Å². The first kappa shape index (κ1) is 21.9. The fourth-order valence-corrected chi connectivity index (χ4v) is 3.81. The SMILES string of the molecule is CCOc1cc(/C=C2/SC(=O)N(Cc3c(F)cccc3Cl)C2=O)ccc1OC(C)=O. The van der Waals surface area contributed by atoms with Gasteiger partial charge in [0.05, 0.1) is 18.1 Å². The predicted octanol–water partition coefficient (Wildman–Crippen LogP) is 5.04. The number of benzene rings is 2. The van der Waals surface area contributed by atoms with E-state index in [1.54, 1.807) is 25.1 Å². The Morgan fingerprint density at radius 2 is 2.00 bits per heavy atom. The minimum absolute atomic E-state index is 0.0760. The molecule has 2 aromatic rings. The zero-order chi connectivity index (χ0) is 21.8. The molecule has 156 valence electrons. The van der Waals surface area contributed by atoms with E-state index in [1.165, 1.54) is 31.2 Å². The summed E-state index contributed by atoms with van der Waals surface area (Å²) in [5, 5.41) is -0.382. The Labute approximate surface area is 181 Å². The third-order valence-corrected chi connectivity index (χ3v) is 5.33. The number of hydrogen-bond acceptors (Lipinski definition) is 6. The van der Waals surface area contributed by atoms with Crippen molar-refractivity contribution in [3.8, 4) is 11.5 Å². The molecule has 0 saturated carbocycles. The number of imide groups is 1. The first-order valence-electron chi connectivity index (χ1n) is 8.93. The smallest absolute Gasteiger partial charge is 0.308 e. The average molecular weight is 450 g/mol. The van der Waals surface area contributed by atoms with Crippen LogP contribution in [0.15, 0.2) is 41.3 Å². The zero-order valence-electron chi connectivity index (χ0n) is 16.1. The molecule has 2 aromatic carbocycles. The number of carbonyl (C=O) groups is 3. The fraction of sp³-hybridized carbons (Fsp3) is 0.190. The van der Waals surface area contributed by atoms with Crippen LogP contribution in [0.2, 0.25) is 5.02 Å². The van der Waals surface area contributed by atoms with Crippen molar-refractivity contribution < 1.29 is 28.2 Å². The number of ether oxygens (including phenoxy) is 2. The molecule has 9 heteroatoms. The van der Waals surface area contributed by atoms with E-state index in [0.29, 0.717) is 17.9 Å². The van der Waals surface area contributed by atoms with Crippen molar-refractivity contribution in [2.75, 3.05) is 6.61 Å². The number of halogens is 2. The topological polar surface area (TPSA) is 72.9 Å². The second-order valence-electron chi connectivity index (χ2n) is 6.20. The third kappa shape index (κ3) is 4.83. The predicted molar refractivity (Wildman–Crippen MR) is 112 cm³/mol. The largest absolute Gasteiger partial charge is 0.490 e. The number of thioether (sulfide) groups is 1. The van der Waals surface area contributed by atoms with Crippen LogP contribution in [0.4, 0.5) is 9.18 Å². The molecule has 0 aliphatic carbocycles. The molecule has 0 spiro atoms. The summed E-state index contributed by atoms with van der Waals surface area (Å²) in [6.07, 6.45) is 1.52. The van der Waals surface area contributed by atoms with Crippen molar-refractivity contribution in [3.05, 3.63) is 63.3 Å². The highest BCUT2D eigenvalue weighted by molar-refractivity contribution is 8.18. The second-order valence-corrected chi connectivity index (χ2v) is 7.60. The maximum Gasteiger partial charge on any atom is 0.308 e. The highest BCUT2D eigenvalue weighted by Crippen LogP contribution is 2.36. The molecule has 0 aromatic heterocycles. The van der Waals surface area contributed by atoms with Crippen LogP contribution in [-0.4, -0.2) is 28.6 Å². The van der Waals surface area contributed by atoms with E-state index < -0.39 is 22.9 Å². The quantitative estimate of drug-likeness (QED) is 0.349. The Hall–Kier alpha value is -2.84. The van der Waals surface area contributed by atoms with Crippen LogP contribution >= 0.6 is 23.4 Å². The van der Waals surface area contributed by atoms with Crippen LogP contribution in [0.3, 0.4) is 0 Å². The normalized spacial score (nSPS) is 15.1. The Bertz CT molecular complexity index is 1040. The van der Waals surface area contributed by atoms with Gasteiger partial charge in [0.2, 0.25) is 0 Å². The summed E-state index contributed by atoms with van der Waals surface area (Å²) in [4.78, 5) is 37.4. The molecule has 1 aliphatic rings. The molecule has 0 atom stereocenters. The number of nitrogens with zero attached hydrogens (tertiary/aromatic N) is 1. The molecule has 30 heavy (non-hydrogen) atoms. The van der Waals surface area contributed by atoms with Gasteiger partial charge in [0, 0.05) is 17.5 Å². The van der Waals surface area contributed by atoms with Crippen LogP contribution in [0.5, 0.6) is 11.5 Å². The van der Waals surface area contributed by atoms with Crippen LogP contribution in [0.1, 0.15) is 25.0 Å². The van der Waals surface area contributed by atoms with E-state index in [4.69, 9.17) is 21.1 Å². The second kappa shape index (κ2) is 9.32. The van der Waals surface area contributed by atoms with Gasteiger partial charge in [-0.3, -0.25) is 19.3 Å². The Kier molecular flexibility index (Phi) is 6.79. The number of esters is 1. The summed E-state index contributed by atoms with van der Waals surface area (Å²) in [6.45, 7) is 3.14. The number of hydrogen-bond donors (Lipinski definition) is 0. The lowest BCUT2D eigenvalue weighted by atomic mass is 10.1. The van der Waals surface area contributed by atoms with Gasteiger partial charge in [-0.25, -0.2) is 4.39 Å². The van der Waals surface area contributed by atoms with Crippen LogP contribution < -0.4 is 9.47 Å². The molecule has 0 radical (unpaired) electrons. The first-order valence-corrected chi connectivity index (χ1v) is 10.1. The number of amides is 2. The average Bonchev–Trinajstić information content (AvgIpc) is 2.93. The lowest BCUT2D eigenvalue weighted by Gasteiger charge is -2.14. The van der Waals surface area contributed by atoms with E-state index >= 15 is 0 Å². The van der Waals surface area contributed by atoms with E-state index in [1.807, 2.05) is 0 Å². The molecule has 1 saturated heterocycles. The summed E-state index contributed by atoms with van der Waals surface area (Å²) in [6, 6.07) is 8.93. The van der Waals surface area contributed by atoms with Crippen molar-refractivity contribution >= 4 is 46.6 Å². The molecule has 3 rings (SSSR count). The van der Waals surface area contributed by atoms with Gasteiger partial charge in [-0.1, -0.05) is 23.7 Å². The fourth-order valence-electron chi connectivity index (χ4n) is 2.75. The molecular formula is C21H17ClFNO5S. The van der Waals surface area contributed by atoms with Gasteiger partial charge in [-0.05, 0) is 54.6 Å². The molecule has 2 amide bonds. The van der Waals surface area contributed by atoms with Crippen LogP contribution in [0.25, 0.3) is 6.08 Å². The highest BCUT2D eigenvalue weighted by atomic mass is 35.5. The maximum atomic E-state index is 14.0. The summed E-state index contributed by atoms with van der Waals surface area (Å²) >= 11 is 6.76. The van der Waals surface area contributed by atoms with Crippen molar-refractivity contribution in [3.63, 3.8) is 0 Å². The van der Waals surface area contributed by atoms with Crippen molar-refractivity contribution in [1.29, 1.82) is 0 Å². The Morgan fingerprint density at radius 3 is 2.67 bits per heavy atom. The van der Waals surface area contributed by atoms with E-state index in [9.17, 15) is 18.8 Å². The van der Waals surface area contributed by atoms with Gasteiger partial charge in [-0.2, -0.15) is 0 Å². The molecular weight excluding hydrogens is 433 g/mol. The number of carbonyl (C=O) groups excluding carboxylic acids is 3.